The molecular formula is C12H16N4O5S. The molecule has 5 atom stereocenters. The molecule has 22 heavy (non-hydrogen) atoms. The zero-order valence-electron chi connectivity index (χ0n) is 11.7. The van der Waals surface area contributed by atoms with E-state index < -0.39 is 30.7 Å². The van der Waals surface area contributed by atoms with Crippen molar-refractivity contribution in [3.8, 4) is 0 Å². The second kappa shape index (κ2) is 6.44. The van der Waals surface area contributed by atoms with Gasteiger partial charge in [-0.1, -0.05) is 0 Å². The van der Waals surface area contributed by atoms with Gasteiger partial charge in [0.25, 0.3) is 0 Å². The van der Waals surface area contributed by atoms with E-state index in [1.807, 2.05) is 0 Å². The van der Waals surface area contributed by atoms with Crippen molar-refractivity contribution in [1.29, 1.82) is 0 Å². The number of fused-ring (bicyclic) bond motifs is 1. The lowest BCUT2D eigenvalue weighted by Gasteiger charge is -2.39. The molecule has 2 aromatic rings. The van der Waals surface area contributed by atoms with E-state index in [1.165, 1.54) is 31.5 Å². The molecular weight excluding hydrogens is 312 g/mol. The van der Waals surface area contributed by atoms with Gasteiger partial charge in [0.15, 0.2) is 11.9 Å². The van der Waals surface area contributed by atoms with Gasteiger partial charge in [-0.3, -0.25) is 0 Å². The molecule has 0 aliphatic carbocycles. The minimum atomic E-state index is -1.33. The zero-order valence-corrected chi connectivity index (χ0v) is 12.5. The molecule has 0 aromatic carbocycles. The van der Waals surface area contributed by atoms with Gasteiger partial charge in [0.2, 0.25) is 0 Å². The highest BCUT2D eigenvalue weighted by Crippen LogP contribution is 2.28. The Morgan fingerprint density at radius 1 is 1.23 bits per heavy atom. The third-order valence-electron chi connectivity index (χ3n) is 3.47. The van der Waals surface area contributed by atoms with E-state index in [-0.39, 0.29) is 0 Å². The molecule has 1 saturated heterocycles. The molecule has 1 fully saturated rings. The van der Waals surface area contributed by atoms with Crippen molar-refractivity contribution < 1.29 is 24.8 Å². The normalized spacial score (nSPS) is 32.5. The van der Waals surface area contributed by atoms with Gasteiger partial charge >= 0.3 is 0 Å². The van der Waals surface area contributed by atoms with Crippen LogP contribution in [0.3, 0.4) is 0 Å². The largest absolute Gasteiger partial charge is 0.388 e. The Morgan fingerprint density at radius 2 is 2.05 bits per heavy atom. The summed E-state index contributed by atoms with van der Waals surface area (Å²) in [7, 11) is 1.36. The Balaban J connectivity index is 1.71. The summed E-state index contributed by atoms with van der Waals surface area (Å²) in [5.74, 6) is 0.315. The third kappa shape index (κ3) is 2.81. The molecule has 0 bridgehead atoms. The number of nitrogens with one attached hydrogen (secondary N) is 1. The highest BCUT2D eigenvalue weighted by Gasteiger charge is 2.43. The molecule has 2 aromatic heterocycles. The number of ether oxygens (including phenoxy) is 2. The SMILES string of the molecule is CO[C@H]1O[C@H](CSc2ncnc3nc[nH]c23)[C@@H](O)[C@H](O)[C@H]1O. The van der Waals surface area contributed by atoms with Crippen molar-refractivity contribution in [2.24, 2.45) is 0 Å². The standard InChI is InChI=1S/C12H16N4O5S/c1-20-12-9(19)8(18)7(17)5(21-12)2-22-11-6-10(14-3-13-6)15-4-16-11/h3-5,7-9,12,17-19H,2H2,1H3,(H,13,14,15,16)/t5-,7-,8+,9-,12+/m1/s1. The van der Waals surface area contributed by atoms with E-state index in [4.69, 9.17) is 9.47 Å². The van der Waals surface area contributed by atoms with Gasteiger partial charge in [-0.2, -0.15) is 0 Å². The van der Waals surface area contributed by atoms with Crippen molar-refractivity contribution in [3.63, 3.8) is 0 Å². The number of aliphatic hydroxyl groups excluding tert-OH is 3. The van der Waals surface area contributed by atoms with Gasteiger partial charge in [-0.05, 0) is 0 Å². The maximum Gasteiger partial charge on any atom is 0.186 e. The van der Waals surface area contributed by atoms with Crippen LogP contribution in [-0.4, -0.2) is 78.8 Å². The predicted octanol–water partition coefficient (Wildman–Crippen LogP) is -1.10. The fourth-order valence-electron chi connectivity index (χ4n) is 2.26. The second-order valence-corrected chi connectivity index (χ2v) is 5.85. The highest BCUT2D eigenvalue weighted by molar-refractivity contribution is 7.99. The Kier molecular flexibility index (Phi) is 4.57. The summed E-state index contributed by atoms with van der Waals surface area (Å²) in [6.45, 7) is 0. The fourth-order valence-corrected chi connectivity index (χ4v) is 3.28. The summed E-state index contributed by atoms with van der Waals surface area (Å²) in [6, 6.07) is 0. The Hall–Kier alpha value is -1.30. The van der Waals surface area contributed by atoms with Gasteiger partial charge < -0.3 is 29.8 Å². The zero-order chi connectivity index (χ0) is 15.7. The molecule has 4 N–H and O–H groups in total. The van der Waals surface area contributed by atoms with E-state index in [0.717, 1.165) is 0 Å². The number of thioether (sulfide) groups is 1. The molecule has 10 heteroatoms. The van der Waals surface area contributed by atoms with Crippen molar-refractivity contribution in [1.82, 2.24) is 19.9 Å². The van der Waals surface area contributed by atoms with Crippen molar-refractivity contribution >= 4 is 22.9 Å². The topological polar surface area (TPSA) is 134 Å². The molecule has 0 radical (unpaired) electrons. The van der Waals surface area contributed by atoms with Crippen LogP contribution in [0.4, 0.5) is 0 Å². The minimum absolute atomic E-state index is 0.315. The van der Waals surface area contributed by atoms with E-state index >= 15 is 0 Å². The lowest BCUT2D eigenvalue weighted by Crippen LogP contribution is -2.58. The first kappa shape index (κ1) is 15.6. The monoisotopic (exact) mass is 328 g/mol. The van der Waals surface area contributed by atoms with Gasteiger partial charge in [-0.25, -0.2) is 15.0 Å². The number of imidazole rings is 1. The van der Waals surface area contributed by atoms with Crippen LogP contribution in [0.5, 0.6) is 0 Å². The van der Waals surface area contributed by atoms with Crippen LogP contribution in [0.2, 0.25) is 0 Å². The summed E-state index contributed by atoms with van der Waals surface area (Å²) < 4.78 is 10.4. The van der Waals surface area contributed by atoms with Gasteiger partial charge in [-0.15, -0.1) is 11.8 Å². The van der Waals surface area contributed by atoms with E-state index in [1.54, 1.807) is 0 Å². The summed E-state index contributed by atoms with van der Waals surface area (Å²) in [6.07, 6.45) is -2.60. The molecule has 1 aliphatic heterocycles. The first-order chi connectivity index (χ1) is 10.6. The predicted molar refractivity (Wildman–Crippen MR) is 76.1 cm³/mol. The van der Waals surface area contributed by atoms with Gasteiger partial charge in [0.1, 0.15) is 35.2 Å². The molecule has 1 aliphatic rings. The highest BCUT2D eigenvalue weighted by atomic mass is 32.2. The van der Waals surface area contributed by atoms with Crippen LogP contribution in [-0.2, 0) is 9.47 Å². The first-order valence-electron chi connectivity index (χ1n) is 6.61. The number of aliphatic hydroxyl groups is 3. The number of methoxy groups -OCH3 is 1. The number of nitrogens with zero attached hydrogens (tertiary/aromatic N) is 3. The quantitative estimate of drug-likeness (QED) is 0.407. The average molecular weight is 328 g/mol. The lowest BCUT2D eigenvalue weighted by molar-refractivity contribution is -0.284. The number of hydrogen-bond acceptors (Lipinski definition) is 9. The third-order valence-corrected chi connectivity index (χ3v) is 4.55. The molecule has 3 heterocycles. The smallest absolute Gasteiger partial charge is 0.186 e. The summed E-state index contributed by atoms with van der Waals surface area (Å²) in [4.78, 5) is 15.2. The summed E-state index contributed by atoms with van der Waals surface area (Å²) in [5.41, 5.74) is 1.24. The van der Waals surface area contributed by atoms with Gasteiger partial charge in [0, 0.05) is 12.9 Å². The number of aromatic amines is 1. The number of rotatable bonds is 4. The van der Waals surface area contributed by atoms with Crippen molar-refractivity contribution in [2.45, 2.75) is 35.7 Å². The van der Waals surface area contributed by atoms with Crippen LogP contribution >= 0.6 is 11.8 Å². The van der Waals surface area contributed by atoms with Crippen molar-refractivity contribution in [2.75, 3.05) is 12.9 Å². The van der Waals surface area contributed by atoms with E-state index in [0.29, 0.717) is 21.9 Å². The van der Waals surface area contributed by atoms with Crippen molar-refractivity contribution in [3.05, 3.63) is 12.7 Å². The summed E-state index contributed by atoms with van der Waals surface area (Å²) >= 11 is 1.32. The average Bonchev–Trinajstić information content (AvgIpc) is 3.01. The Labute approximate surface area is 129 Å². The maximum absolute atomic E-state index is 10.0. The molecule has 120 valence electrons. The van der Waals surface area contributed by atoms with Gasteiger partial charge in [0.05, 0.1) is 12.4 Å². The Bertz CT molecular complexity index is 639. The maximum atomic E-state index is 10.0. The second-order valence-electron chi connectivity index (χ2n) is 4.84. The molecule has 9 nitrogen and oxygen atoms in total. The minimum Gasteiger partial charge on any atom is -0.388 e. The molecule has 0 amide bonds. The van der Waals surface area contributed by atoms with E-state index in [9.17, 15) is 15.3 Å². The lowest BCUT2D eigenvalue weighted by atomic mass is 10.00. The molecule has 0 saturated carbocycles. The van der Waals surface area contributed by atoms with Crippen LogP contribution in [0.15, 0.2) is 17.7 Å². The molecule has 0 spiro atoms. The number of hydrogen-bond donors (Lipinski definition) is 4. The first-order valence-corrected chi connectivity index (χ1v) is 7.59. The molecule has 0 unspecified atom stereocenters. The Morgan fingerprint density at radius 3 is 2.82 bits per heavy atom. The number of aromatic nitrogens is 4. The summed E-state index contributed by atoms with van der Waals surface area (Å²) in [5, 5.41) is 30.2. The fraction of sp³-hybridized carbons (Fsp3) is 0.583. The van der Waals surface area contributed by atoms with Crippen LogP contribution < -0.4 is 0 Å². The molecule has 3 rings (SSSR count). The van der Waals surface area contributed by atoms with E-state index in [2.05, 4.69) is 19.9 Å². The van der Waals surface area contributed by atoms with Crippen LogP contribution in [0, 0.1) is 0 Å². The number of H-pyrrole nitrogens is 1. The van der Waals surface area contributed by atoms with Crippen LogP contribution in [0.25, 0.3) is 11.2 Å². The van der Waals surface area contributed by atoms with Crippen LogP contribution in [0.1, 0.15) is 0 Å².